The van der Waals surface area contributed by atoms with Gasteiger partial charge >= 0.3 is 0 Å². The predicted octanol–water partition coefficient (Wildman–Crippen LogP) is 0.659. The van der Waals surface area contributed by atoms with Crippen LogP contribution >= 0.6 is 0 Å². The lowest BCUT2D eigenvalue weighted by Gasteiger charge is -2.07. The van der Waals surface area contributed by atoms with Gasteiger partial charge in [0.1, 0.15) is 0 Å². The third-order valence-electron chi connectivity index (χ3n) is 2.16. The summed E-state index contributed by atoms with van der Waals surface area (Å²) in [4.78, 5) is 32.1. The van der Waals surface area contributed by atoms with E-state index in [1.807, 2.05) is 0 Å². The first kappa shape index (κ1) is 11.3. The molecule has 0 radical (unpaired) electrons. The minimum Gasteiger partial charge on any atom is -0.396 e. The molecule has 0 aliphatic heterocycles. The quantitative estimate of drug-likeness (QED) is 0.718. The van der Waals surface area contributed by atoms with Crippen LogP contribution in [0.2, 0.25) is 0 Å². The topological polar surface area (TPSA) is 71.4 Å². The van der Waals surface area contributed by atoms with Crippen LogP contribution < -0.4 is 0 Å². The molecular weight excluding hydrogens is 196 g/mol. The predicted molar refractivity (Wildman–Crippen MR) is 53.4 cm³/mol. The standard InChI is InChI=1S/C11H10O4/c12-4-3-8-1-2-9(5-13)11(7-15)10(8)6-14/h1-2,5-7,12H,3-4H2. The van der Waals surface area contributed by atoms with Gasteiger partial charge in [0.2, 0.25) is 0 Å². The maximum Gasteiger partial charge on any atom is 0.151 e. The molecule has 0 saturated carbocycles. The summed E-state index contributed by atoms with van der Waals surface area (Å²) in [6.45, 7) is -0.112. The van der Waals surface area contributed by atoms with Crippen LogP contribution in [0.1, 0.15) is 36.6 Å². The molecule has 0 aliphatic rings. The molecule has 0 aromatic heterocycles. The summed E-state index contributed by atoms with van der Waals surface area (Å²) in [6.07, 6.45) is 1.82. The monoisotopic (exact) mass is 206 g/mol. The Balaban J connectivity index is 3.40. The van der Waals surface area contributed by atoms with Crippen LogP contribution in [-0.2, 0) is 6.42 Å². The Morgan fingerprint density at radius 1 is 1.00 bits per heavy atom. The van der Waals surface area contributed by atoms with Gasteiger partial charge in [0.25, 0.3) is 0 Å². The third-order valence-corrected chi connectivity index (χ3v) is 2.16. The molecule has 0 spiro atoms. The van der Waals surface area contributed by atoms with Crippen molar-refractivity contribution in [3.05, 3.63) is 34.4 Å². The number of carbonyl (C=O) groups excluding carboxylic acids is 3. The second-order valence-electron chi connectivity index (χ2n) is 2.97. The highest BCUT2D eigenvalue weighted by molar-refractivity contribution is 5.99. The van der Waals surface area contributed by atoms with Gasteiger partial charge in [-0.3, -0.25) is 14.4 Å². The molecule has 0 amide bonds. The number of aldehydes is 3. The highest BCUT2D eigenvalue weighted by Crippen LogP contribution is 2.15. The Bertz CT molecular complexity index is 396. The van der Waals surface area contributed by atoms with Gasteiger partial charge in [0.05, 0.1) is 0 Å². The van der Waals surface area contributed by atoms with Crippen molar-refractivity contribution in [1.29, 1.82) is 0 Å². The van der Waals surface area contributed by atoms with Gasteiger partial charge in [-0.15, -0.1) is 0 Å². The summed E-state index contributed by atoms with van der Waals surface area (Å²) in [7, 11) is 0. The molecule has 0 aliphatic carbocycles. The molecule has 0 atom stereocenters. The fraction of sp³-hybridized carbons (Fsp3) is 0.182. The number of aliphatic hydroxyl groups excluding tert-OH is 1. The van der Waals surface area contributed by atoms with E-state index in [9.17, 15) is 14.4 Å². The second-order valence-corrected chi connectivity index (χ2v) is 2.97. The lowest BCUT2D eigenvalue weighted by Crippen LogP contribution is -2.04. The van der Waals surface area contributed by atoms with Gasteiger partial charge in [-0.1, -0.05) is 12.1 Å². The van der Waals surface area contributed by atoms with Crippen molar-refractivity contribution in [1.82, 2.24) is 0 Å². The van der Waals surface area contributed by atoms with E-state index in [0.717, 1.165) is 0 Å². The molecule has 1 aromatic rings. The van der Waals surface area contributed by atoms with Gasteiger partial charge in [-0.05, 0) is 12.0 Å². The van der Waals surface area contributed by atoms with E-state index in [-0.39, 0.29) is 29.7 Å². The Morgan fingerprint density at radius 2 is 1.67 bits per heavy atom. The summed E-state index contributed by atoms with van der Waals surface area (Å²) in [5.74, 6) is 0. The van der Waals surface area contributed by atoms with Crippen LogP contribution in [0.3, 0.4) is 0 Å². The maximum atomic E-state index is 10.8. The van der Waals surface area contributed by atoms with Gasteiger partial charge in [-0.2, -0.15) is 0 Å². The van der Waals surface area contributed by atoms with Crippen molar-refractivity contribution in [2.75, 3.05) is 6.61 Å². The van der Waals surface area contributed by atoms with E-state index in [1.165, 1.54) is 6.07 Å². The molecule has 0 fully saturated rings. The second kappa shape index (κ2) is 5.17. The molecule has 4 nitrogen and oxygen atoms in total. The van der Waals surface area contributed by atoms with Crippen molar-refractivity contribution in [2.24, 2.45) is 0 Å². The number of carbonyl (C=O) groups is 3. The number of hydrogen-bond acceptors (Lipinski definition) is 4. The number of benzene rings is 1. The third kappa shape index (κ3) is 2.16. The van der Waals surface area contributed by atoms with Gasteiger partial charge in [0.15, 0.2) is 18.9 Å². The smallest absolute Gasteiger partial charge is 0.151 e. The van der Waals surface area contributed by atoms with Crippen LogP contribution in [-0.4, -0.2) is 30.6 Å². The lowest BCUT2D eigenvalue weighted by molar-refractivity contribution is 0.108. The van der Waals surface area contributed by atoms with E-state index >= 15 is 0 Å². The molecule has 1 rings (SSSR count). The van der Waals surface area contributed by atoms with Crippen LogP contribution in [0.5, 0.6) is 0 Å². The normalized spacial score (nSPS) is 9.67. The largest absolute Gasteiger partial charge is 0.396 e. The van der Waals surface area contributed by atoms with Gasteiger partial charge in [-0.25, -0.2) is 0 Å². The molecular formula is C11H10O4. The molecule has 0 saturated heterocycles. The molecule has 0 unspecified atom stereocenters. The molecule has 1 aromatic carbocycles. The first-order chi connectivity index (χ1) is 7.28. The van der Waals surface area contributed by atoms with Crippen molar-refractivity contribution >= 4 is 18.9 Å². The van der Waals surface area contributed by atoms with Gasteiger partial charge < -0.3 is 5.11 Å². The van der Waals surface area contributed by atoms with E-state index < -0.39 is 0 Å². The number of rotatable bonds is 5. The van der Waals surface area contributed by atoms with E-state index in [2.05, 4.69) is 0 Å². The Labute approximate surface area is 86.5 Å². The van der Waals surface area contributed by atoms with E-state index in [1.54, 1.807) is 6.07 Å². The SMILES string of the molecule is O=Cc1ccc(CCO)c(C=O)c1C=O. The molecule has 4 heteroatoms. The first-order valence-electron chi connectivity index (χ1n) is 4.40. The highest BCUT2D eigenvalue weighted by Gasteiger charge is 2.11. The highest BCUT2D eigenvalue weighted by atomic mass is 16.3. The summed E-state index contributed by atoms with van der Waals surface area (Å²) in [6, 6.07) is 3.03. The lowest BCUT2D eigenvalue weighted by atomic mass is 9.96. The number of hydrogen-bond donors (Lipinski definition) is 1. The van der Waals surface area contributed by atoms with Crippen molar-refractivity contribution in [2.45, 2.75) is 6.42 Å². The van der Waals surface area contributed by atoms with Crippen LogP contribution in [0.4, 0.5) is 0 Å². The summed E-state index contributed by atoms with van der Waals surface area (Å²) >= 11 is 0. The Kier molecular flexibility index (Phi) is 3.88. The fourth-order valence-electron chi connectivity index (χ4n) is 1.41. The average Bonchev–Trinajstić information content (AvgIpc) is 2.28. The summed E-state index contributed by atoms with van der Waals surface area (Å²) in [5, 5.41) is 8.76. The Morgan fingerprint density at radius 3 is 2.13 bits per heavy atom. The minimum absolute atomic E-state index is 0.0888. The number of aliphatic hydroxyl groups is 1. The van der Waals surface area contributed by atoms with E-state index in [0.29, 0.717) is 24.4 Å². The maximum absolute atomic E-state index is 10.8. The summed E-state index contributed by atoms with van der Waals surface area (Å²) < 4.78 is 0. The summed E-state index contributed by atoms with van der Waals surface area (Å²) in [5.41, 5.74) is 1.03. The Hall–Kier alpha value is -1.81. The van der Waals surface area contributed by atoms with Crippen molar-refractivity contribution < 1.29 is 19.5 Å². The molecule has 15 heavy (non-hydrogen) atoms. The zero-order chi connectivity index (χ0) is 11.3. The van der Waals surface area contributed by atoms with E-state index in [4.69, 9.17) is 5.11 Å². The molecule has 0 heterocycles. The average molecular weight is 206 g/mol. The zero-order valence-corrected chi connectivity index (χ0v) is 7.97. The van der Waals surface area contributed by atoms with Crippen LogP contribution in [0.25, 0.3) is 0 Å². The van der Waals surface area contributed by atoms with Crippen LogP contribution in [0.15, 0.2) is 12.1 Å². The minimum atomic E-state index is -0.112. The van der Waals surface area contributed by atoms with Crippen LogP contribution in [0, 0.1) is 0 Å². The fourth-order valence-corrected chi connectivity index (χ4v) is 1.41. The van der Waals surface area contributed by atoms with Crippen molar-refractivity contribution in [3.63, 3.8) is 0 Å². The first-order valence-corrected chi connectivity index (χ1v) is 4.40. The van der Waals surface area contributed by atoms with Gasteiger partial charge in [0, 0.05) is 23.3 Å². The molecule has 1 N–H and O–H groups in total. The molecule has 78 valence electrons. The van der Waals surface area contributed by atoms with Crippen molar-refractivity contribution in [3.8, 4) is 0 Å². The zero-order valence-electron chi connectivity index (χ0n) is 7.97. The molecule has 0 bridgehead atoms.